The predicted octanol–water partition coefficient (Wildman–Crippen LogP) is 3.46. The highest BCUT2D eigenvalue weighted by atomic mass is 19.1. The van der Waals surface area contributed by atoms with Crippen molar-refractivity contribution in [1.82, 2.24) is 0 Å². The smallest absolute Gasteiger partial charge is 0.168 e. The summed E-state index contributed by atoms with van der Waals surface area (Å²) in [6.45, 7) is 0. The highest BCUT2D eigenvalue weighted by Crippen LogP contribution is 2.43. The van der Waals surface area contributed by atoms with Crippen LogP contribution in [0.5, 0.6) is 11.5 Å². The van der Waals surface area contributed by atoms with Crippen LogP contribution in [0.15, 0.2) is 48.5 Å². The fourth-order valence-corrected chi connectivity index (χ4v) is 2.75. The molecule has 0 atom stereocenters. The molecule has 0 saturated heterocycles. The van der Waals surface area contributed by atoms with Gasteiger partial charge < -0.3 is 9.47 Å². The maximum absolute atomic E-state index is 14.3. The van der Waals surface area contributed by atoms with Gasteiger partial charge in [-0.15, -0.1) is 0 Å². The molecule has 0 bridgehead atoms. The van der Waals surface area contributed by atoms with Crippen LogP contribution in [0, 0.1) is 5.82 Å². The molecule has 3 aromatic rings. The van der Waals surface area contributed by atoms with Gasteiger partial charge in [0.15, 0.2) is 11.5 Å². The summed E-state index contributed by atoms with van der Waals surface area (Å²) in [6.07, 6.45) is 0. The molecule has 0 fully saturated rings. The number of rotatable bonds is 3. The van der Waals surface area contributed by atoms with E-state index in [1.807, 2.05) is 24.3 Å². The van der Waals surface area contributed by atoms with Crippen LogP contribution in [0.4, 0.5) is 4.39 Å². The number of hydrogen-bond acceptors (Lipinski definition) is 2. The number of hydrogen-bond donors (Lipinski definition) is 0. The Balaban J connectivity index is 2.52. The van der Waals surface area contributed by atoms with Gasteiger partial charge in [0.1, 0.15) is 13.7 Å². The number of methoxy groups -OCH3 is 2. The van der Waals surface area contributed by atoms with Crippen LogP contribution in [0.2, 0.25) is 0 Å². The Morgan fingerprint density at radius 2 is 1.41 bits per heavy atom. The Bertz CT molecular complexity index is 846. The first-order chi connectivity index (χ1) is 10.7. The Morgan fingerprint density at radius 1 is 0.818 bits per heavy atom. The summed E-state index contributed by atoms with van der Waals surface area (Å²) >= 11 is 0. The maximum atomic E-state index is 14.3. The topological polar surface area (TPSA) is 18.5 Å². The number of halogens is 1. The number of fused-ring (bicyclic) bond motifs is 1. The first-order valence-corrected chi connectivity index (χ1v) is 6.86. The van der Waals surface area contributed by atoms with Gasteiger partial charge in [-0.2, -0.15) is 0 Å². The van der Waals surface area contributed by atoms with Crippen LogP contribution in [-0.4, -0.2) is 22.1 Å². The van der Waals surface area contributed by atoms with Crippen molar-refractivity contribution >= 4 is 24.1 Å². The van der Waals surface area contributed by atoms with Crippen LogP contribution < -0.4 is 14.9 Å². The lowest BCUT2D eigenvalue weighted by molar-refractivity contribution is 0.359. The molecule has 3 aromatic carbocycles. The third-order valence-electron chi connectivity index (χ3n) is 3.72. The standard InChI is InChI=1S/C18H14BFO2/c1-21-17-15(13-9-5-6-10-14(13)20)11-7-3-4-8-12(11)16(19)18(17)22-2/h3-10H,1-2H3. The van der Waals surface area contributed by atoms with Gasteiger partial charge in [0.05, 0.1) is 14.2 Å². The minimum absolute atomic E-state index is 0.322. The average Bonchev–Trinajstić information content (AvgIpc) is 2.55. The second kappa shape index (κ2) is 5.72. The van der Waals surface area contributed by atoms with E-state index in [9.17, 15) is 4.39 Å². The zero-order valence-corrected chi connectivity index (χ0v) is 12.4. The Kier molecular flexibility index (Phi) is 3.76. The molecular formula is C18H14BFO2. The summed E-state index contributed by atoms with van der Waals surface area (Å²) in [5.74, 6) is 0.529. The molecule has 0 spiro atoms. The summed E-state index contributed by atoms with van der Waals surface area (Å²) in [7, 11) is 9.24. The Labute approximate surface area is 129 Å². The van der Waals surface area contributed by atoms with Crippen molar-refractivity contribution in [3.63, 3.8) is 0 Å². The van der Waals surface area contributed by atoms with E-state index in [-0.39, 0.29) is 5.82 Å². The van der Waals surface area contributed by atoms with Crippen molar-refractivity contribution < 1.29 is 13.9 Å². The zero-order valence-electron chi connectivity index (χ0n) is 12.4. The highest BCUT2D eigenvalue weighted by molar-refractivity contribution is 6.42. The molecule has 0 amide bonds. The number of benzene rings is 3. The quantitative estimate of drug-likeness (QED) is 0.688. The van der Waals surface area contributed by atoms with E-state index in [1.165, 1.54) is 20.3 Å². The van der Waals surface area contributed by atoms with E-state index in [2.05, 4.69) is 0 Å². The van der Waals surface area contributed by atoms with Crippen molar-refractivity contribution in [3.8, 4) is 22.6 Å². The second-order valence-corrected chi connectivity index (χ2v) is 4.88. The predicted molar refractivity (Wildman–Crippen MR) is 87.8 cm³/mol. The van der Waals surface area contributed by atoms with E-state index < -0.39 is 0 Å². The van der Waals surface area contributed by atoms with Gasteiger partial charge in [-0.1, -0.05) is 42.5 Å². The molecule has 0 heterocycles. The van der Waals surface area contributed by atoms with E-state index in [4.69, 9.17) is 17.3 Å². The van der Waals surface area contributed by atoms with Gasteiger partial charge >= 0.3 is 0 Å². The molecule has 2 radical (unpaired) electrons. The van der Waals surface area contributed by atoms with Crippen LogP contribution in [-0.2, 0) is 0 Å². The monoisotopic (exact) mass is 292 g/mol. The normalized spacial score (nSPS) is 10.7. The van der Waals surface area contributed by atoms with Crippen molar-refractivity contribution in [1.29, 1.82) is 0 Å². The molecule has 4 heteroatoms. The minimum Gasteiger partial charge on any atom is -0.493 e. The molecule has 22 heavy (non-hydrogen) atoms. The van der Waals surface area contributed by atoms with E-state index >= 15 is 0 Å². The molecule has 0 aliphatic carbocycles. The molecule has 2 nitrogen and oxygen atoms in total. The van der Waals surface area contributed by atoms with Gasteiger partial charge in [-0.25, -0.2) is 4.39 Å². The first kappa shape index (κ1) is 14.5. The third-order valence-corrected chi connectivity index (χ3v) is 3.72. The molecule has 0 N–H and O–H groups in total. The Hall–Kier alpha value is -2.49. The molecule has 0 saturated carbocycles. The van der Waals surface area contributed by atoms with Crippen LogP contribution >= 0.6 is 0 Å². The lowest BCUT2D eigenvalue weighted by Gasteiger charge is -2.19. The minimum atomic E-state index is -0.322. The molecule has 0 unspecified atom stereocenters. The van der Waals surface area contributed by atoms with Gasteiger partial charge in [0.2, 0.25) is 0 Å². The summed E-state index contributed by atoms with van der Waals surface area (Å²) in [6, 6.07) is 14.1. The zero-order chi connectivity index (χ0) is 15.7. The molecule has 0 aliphatic rings. The molecule has 3 rings (SSSR count). The van der Waals surface area contributed by atoms with E-state index in [1.54, 1.807) is 18.2 Å². The SMILES string of the molecule is [B]c1c(OC)c(OC)c(-c2ccccc2F)c2ccccc12. The second-order valence-electron chi connectivity index (χ2n) is 4.88. The van der Waals surface area contributed by atoms with Crippen LogP contribution in [0.25, 0.3) is 21.9 Å². The summed E-state index contributed by atoms with van der Waals surface area (Å²) < 4.78 is 25.2. The van der Waals surface area contributed by atoms with Gasteiger partial charge in [0.25, 0.3) is 0 Å². The van der Waals surface area contributed by atoms with Gasteiger partial charge in [0, 0.05) is 11.1 Å². The van der Waals surface area contributed by atoms with E-state index in [0.29, 0.717) is 28.1 Å². The fraction of sp³-hybridized carbons (Fsp3) is 0.111. The molecule has 0 aromatic heterocycles. The molecule has 108 valence electrons. The Morgan fingerprint density at radius 3 is 2.05 bits per heavy atom. The van der Waals surface area contributed by atoms with Crippen molar-refractivity contribution in [3.05, 3.63) is 54.3 Å². The third kappa shape index (κ3) is 2.12. The average molecular weight is 292 g/mol. The largest absolute Gasteiger partial charge is 0.493 e. The van der Waals surface area contributed by atoms with Gasteiger partial charge in [-0.3, -0.25) is 0 Å². The molecule has 0 aliphatic heterocycles. The summed E-state index contributed by atoms with van der Waals surface area (Å²) in [4.78, 5) is 0. The van der Waals surface area contributed by atoms with Crippen molar-refractivity contribution in [2.24, 2.45) is 0 Å². The van der Waals surface area contributed by atoms with Crippen LogP contribution in [0.3, 0.4) is 0 Å². The lowest BCUT2D eigenvalue weighted by Crippen LogP contribution is -2.12. The first-order valence-electron chi connectivity index (χ1n) is 6.86. The summed E-state index contributed by atoms with van der Waals surface area (Å²) in [5, 5.41) is 1.63. The van der Waals surface area contributed by atoms with Gasteiger partial charge in [-0.05, 0) is 22.3 Å². The van der Waals surface area contributed by atoms with Crippen LogP contribution in [0.1, 0.15) is 0 Å². The molecular weight excluding hydrogens is 278 g/mol. The number of ether oxygens (including phenoxy) is 2. The van der Waals surface area contributed by atoms with Crippen molar-refractivity contribution in [2.45, 2.75) is 0 Å². The maximum Gasteiger partial charge on any atom is 0.168 e. The fourth-order valence-electron chi connectivity index (χ4n) is 2.75. The van der Waals surface area contributed by atoms with E-state index in [0.717, 1.165) is 10.8 Å². The summed E-state index contributed by atoms with van der Waals surface area (Å²) in [5.41, 5.74) is 1.58. The lowest BCUT2D eigenvalue weighted by atomic mass is 9.84. The highest BCUT2D eigenvalue weighted by Gasteiger charge is 2.21. The van der Waals surface area contributed by atoms with Crippen molar-refractivity contribution in [2.75, 3.05) is 14.2 Å².